The van der Waals surface area contributed by atoms with Crippen LogP contribution < -0.4 is 11.0 Å². The van der Waals surface area contributed by atoms with Gasteiger partial charge >= 0.3 is 29.6 Å². The zero-order valence-electron chi connectivity index (χ0n) is 45.4. The number of carbonyl (C=O) groups is 5. The number of alkyl halides is 3. The summed E-state index contributed by atoms with van der Waals surface area (Å²) >= 11 is 5.93. The summed E-state index contributed by atoms with van der Waals surface area (Å²) in [5, 5.41) is 2.52. The molecule has 0 saturated carbocycles. The van der Waals surface area contributed by atoms with Gasteiger partial charge in [0.15, 0.2) is 35.3 Å². The van der Waals surface area contributed by atoms with Crippen molar-refractivity contribution in [2.45, 2.75) is 61.4 Å². The first-order valence-electron chi connectivity index (χ1n) is 24.5. The van der Waals surface area contributed by atoms with E-state index in [0.29, 0.717) is 37.6 Å². The number of hydrogen-bond acceptors (Lipinski definition) is 17. The molecule has 0 bridgehead atoms. The molecular weight excluding hydrogens is 1110 g/mol. The van der Waals surface area contributed by atoms with Crippen molar-refractivity contribution < 1.29 is 80.4 Å². The SMILES string of the molecule is COCCOOCCOC.C[C@@]1(F)[C@H](OC(=O)c2ccccc2)[C@@H](COC(=O)c2ccccc2)O[C@H]1n1ccc(NC(=O)c2ccccc2)nc1=O.C[C@]1(F)C(Cl)O[C@H](COC(=O)c2ccccc2)[C@H]1OC(=O)c1ccccc1.[AlH2].[Na]. The summed E-state index contributed by atoms with van der Waals surface area (Å²) in [4.78, 5) is 88.5. The summed E-state index contributed by atoms with van der Waals surface area (Å²) in [5.41, 5.74) is -5.46. The largest absolute Gasteiger partial charge is 0.459 e. The first-order valence-corrected chi connectivity index (χ1v) is 25.0. The third-order valence-corrected chi connectivity index (χ3v) is 12.3. The van der Waals surface area contributed by atoms with Crippen LogP contribution in [0.4, 0.5) is 14.6 Å². The number of rotatable bonds is 20. The third kappa shape index (κ3) is 19.5. The summed E-state index contributed by atoms with van der Waals surface area (Å²) in [6, 6.07) is 42.3. The van der Waals surface area contributed by atoms with Crippen LogP contribution in [0, 0.1) is 0 Å². The van der Waals surface area contributed by atoms with Crippen molar-refractivity contribution in [3.63, 3.8) is 0 Å². The number of benzene rings is 5. The van der Waals surface area contributed by atoms with Crippen LogP contribution in [0.5, 0.6) is 0 Å². The fraction of sp³-hybridized carbons (Fsp3) is 0.316. The van der Waals surface area contributed by atoms with Gasteiger partial charge in [-0.25, -0.2) is 42.5 Å². The minimum Gasteiger partial charge on any atom is -0.459 e. The summed E-state index contributed by atoms with van der Waals surface area (Å²) in [6.07, 6.45) is -5.57. The standard InChI is InChI=1S/C31H26FN3O7.C20H18ClFO5.C6H14O4.Al.Na.2H/c1-31(32)25(42-28(38)22-15-9-4-10-16-22)23(19-40-27(37)21-13-7-3-8-14-21)41-29(31)35-18-17-24(34-30(35)39)33-26(36)20-11-5-2-6-12-20;1-20(22)16(27-18(24)14-10-6-3-7-11-14)15(26-19(20)21)12-25-17(23)13-8-4-2-5-9-13;1-7-3-5-9-10-6-4-8-2;;;;/h2-18,23,25,29H,19H2,1H3,(H,33,34,36,39);2-11,15-16,19H,12H2,1H3;3-6H2,1-2H3;;;;/t23-,25-,29-,31-;15-,16-,19?,20-;;;;;/m11...../s1. The number of ether oxygens (including phenoxy) is 8. The van der Waals surface area contributed by atoms with Crippen LogP contribution >= 0.6 is 11.6 Å². The van der Waals surface area contributed by atoms with Crippen LogP contribution in [-0.2, 0) is 47.7 Å². The smallest absolute Gasteiger partial charge is 0.351 e. The molecule has 8 rings (SSSR count). The maximum Gasteiger partial charge on any atom is 0.351 e. The second-order valence-corrected chi connectivity index (χ2v) is 18.0. The molecule has 2 radical (unpaired) electrons. The van der Waals surface area contributed by atoms with Gasteiger partial charge in [-0.05, 0) is 80.6 Å². The molecule has 2 aliphatic heterocycles. The molecule has 1 amide bonds. The molecule has 3 heterocycles. The molecule has 0 aliphatic carbocycles. The van der Waals surface area contributed by atoms with Crippen molar-refractivity contribution in [1.29, 1.82) is 0 Å². The molecule has 2 aliphatic rings. The molecule has 5 aromatic carbocycles. The molecule has 1 N–H and O–H groups in total. The average Bonchev–Trinajstić information content (AvgIpc) is 4.01. The third-order valence-electron chi connectivity index (χ3n) is 11.8. The maximum absolute atomic E-state index is 16.5. The number of amides is 1. The first-order chi connectivity index (χ1) is 38.0. The van der Waals surface area contributed by atoms with Crippen LogP contribution in [0.1, 0.15) is 71.9 Å². The molecule has 81 heavy (non-hydrogen) atoms. The molecule has 1 unspecified atom stereocenters. The van der Waals surface area contributed by atoms with E-state index in [4.69, 9.17) is 49.5 Å². The number of carbonyl (C=O) groups excluding carboxylic acids is 5. The number of hydrogen-bond donors (Lipinski definition) is 1. The maximum atomic E-state index is 16.5. The molecule has 8 atom stereocenters. The van der Waals surface area contributed by atoms with Crippen molar-refractivity contribution >= 4 is 94.1 Å². The normalized spacial score (nSPS) is 21.4. The molecule has 19 nitrogen and oxygen atoms in total. The van der Waals surface area contributed by atoms with Crippen molar-refractivity contribution in [2.24, 2.45) is 0 Å². The van der Waals surface area contributed by atoms with Gasteiger partial charge in [0.05, 0.1) is 35.5 Å². The van der Waals surface area contributed by atoms with Gasteiger partial charge < -0.3 is 43.2 Å². The van der Waals surface area contributed by atoms with Gasteiger partial charge in [0.2, 0.25) is 0 Å². The monoisotopic (exact) mass is 1170 g/mol. The van der Waals surface area contributed by atoms with Gasteiger partial charge in [0.1, 0.15) is 61.8 Å². The summed E-state index contributed by atoms with van der Waals surface area (Å²) in [6.45, 7) is 3.55. The number of methoxy groups -OCH3 is 2. The number of halogens is 3. The van der Waals surface area contributed by atoms with Crippen LogP contribution in [0.3, 0.4) is 0 Å². The summed E-state index contributed by atoms with van der Waals surface area (Å²) < 4.78 is 74.5. The minimum atomic E-state index is -2.46. The average molecular weight is 1170 g/mol. The van der Waals surface area contributed by atoms with Crippen molar-refractivity contribution in [1.82, 2.24) is 9.55 Å². The Morgan fingerprint density at radius 3 is 1.33 bits per heavy atom. The van der Waals surface area contributed by atoms with Crippen molar-refractivity contribution in [2.75, 3.05) is 59.2 Å². The number of aromatic nitrogens is 2. The van der Waals surface area contributed by atoms with Gasteiger partial charge in [-0.3, -0.25) is 9.36 Å². The van der Waals surface area contributed by atoms with E-state index < -0.39 is 89.6 Å². The molecule has 6 aromatic rings. The Kier molecular flexibility index (Phi) is 27.9. The van der Waals surface area contributed by atoms with Gasteiger partial charge in [0.25, 0.3) is 5.91 Å². The van der Waals surface area contributed by atoms with E-state index >= 15 is 4.39 Å². The number of nitrogens with one attached hydrogen (secondary N) is 1. The second kappa shape index (κ2) is 33.6. The van der Waals surface area contributed by atoms with Crippen LogP contribution in [0.2, 0.25) is 0 Å². The zero-order chi connectivity index (χ0) is 56.8. The summed E-state index contributed by atoms with van der Waals surface area (Å²) in [5.74, 6) is -3.35. The Morgan fingerprint density at radius 1 is 0.568 bits per heavy atom. The van der Waals surface area contributed by atoms with Crippen LogP contribution in [0.25, 0.3) is 0 Å². The van der Waals surface area contributed by atoms with Crippen LogP contribution in [0.15, 0.2) is 169 Å². The van der Waals surface area contributed by atoms with Gasteiger partial charge in [-0.2, -0.15) is 4.98 Å². The molecule has 1 aromatic heterocycles. The summed E-state index contributed by atoms with van der Waals surface area (Å²) in [7, 11) is 3.22. The predicted octanol–water partition coefficient (Wildman–Crippen LogP) is 6.90. The van der Waals surface area contributed by atoms with Gasteiger partial charge in [0, 0.05) is 55.5 Å². The molecule has 0 spiro atoms. The van der Waals surface area contributed by atoms with Crippen molar-refractivity contribution in [3.05, 3.63) is 202 Å². The number of anilines is 1. The molecular formula is C57H60AlClF2N3NaO16. The second-order valence-electron chi connectivity index (χ2n) is 17.6. The van der Waals surface area contributed by atoms with E-state index in [1.165, 1.54) is 31.3 Å². The molecule has 24 heteroatoms. The Bertz CT molecular complexity index is 2950. The van der Waals surface area contributed by atoms with E-state index in [1.54, 1.807) is 154 Å². The Labute approximate surface area is 503 Å². The number of esters is 4. The number of nitrogens with zero attached hydrogens (tertiary/aromatic N) is 2. The van der Waals surface area contributed by atoms with E-state index in [9.17, 15) is 33.2 Å². The topological polar surface area (TPSA) is 225 Å². The Balaban J connectivity index is 0.000000310. The van der Waals surface area contributed by atoms with Crippen molar-refractivity contribution in [3.8, 4) is 0 Å². The van der Waals surface area contributed by atoms with Gasteiger partial charge in [-0.1, -0.05) is 103 Å². The van der Waals surface area contributed by atoms with Crippen LogP contribution in [-0.4, -0.2) is 181 Å². The van der Waals surface area contributed by atoms with E-state index in [-0.39, 0.29) is 76.0 Å². The predicted molar refractivity (Wildman–Crippen MR) is 295 cm³/mol. The fourth-order valence-electron chi connectivity index (χ4n) is 7.63. The molecule has 2 fully saturated rings. The van der Waals surface area contributed by atoms with E-state index in [1.807, 2.05) is 0 Å². The van der Waals surface area contributed by atoms with Gasteiger partial charge in [-0.15, -0.1) is 0 Å². The Morgan fingerprint density at radius 2 is 0.938 bits per heavy atom. The molecule has 2 saturated heterocycles. The molecule has 424 valence electrons. The zero-order valence-corrected chi connectivity index (χ0v) is 50.1. The first kappa shape index (κ1) is 67.3. The Hall–Kier alpha value is -6.23. The quantitative estimate of drug-likeness (QED) is 0.0156. The minimum absolute atomic E-state index is 0. The van der Waals surface area contributed by atoms with E-state index in [2.05, 4.69) is 20.1 Å². The fourth-order valence-corrected chi connectivity index (χ4v) is 7.89. The van der Waals surface area contributed by atoms with E-state index in [0.717, 1.165) is 11.5 Å².